The predicted octanol–water partition coefficient (Wildman–Crippen LogP) is 2.55. The Labute approximate surface area is 132 Å². The second-order valence-electron chi connectivity index (χ2n) is 5.12. The van der Waals surface area contributed by atoms with Crippen molar-refractivity contribution in [3.8, 4) is 5.75 Å². The summed E-state index contributed by atoms with van der Waals surface area (Å²) >= 11 is 0. The number of rotatable bonds is 3. The number of hydrogen-bond acceptors (Lipinski definition) is 4. The molecular weight excluding hydrogens is 301 g/mol. The van der Waals surface area contributed by atoms with Gasteiger partial charge in [0.1, 0.15) is 11.6 Å². The topological polar surface area (TPSA) is 64.6 Å². The van der Waals surface area contributed by atoms with E-state index in [1.54, 1.807) is 24.3 Å². The number of cyclic esters (lactones) is 1. The summed E-state index contributed by atoms with van der Waals surface area (Å²) in [5.41, 5.74) is 1.28. The lowest BCUT2D eigenvalue weighted by molar-refractivity contribution is -0.125. The minimum atomic E-state index is -0.997. The first-order valence-corrected chi connectivity index (χ1v) is 7.01. The van der Waals surface area contributed by atoms with Crippen LogP contribution < -0.4 is 10.1 Å². The number of amides is 1. The molecule has 23 heavy (non-hydrogen) atoms. The highest BCUT2D eigenvalue weighted by atomic mass is 19.1. The van der Waals surface area contributed by atoms with E-state index in [1.807, 2.05) is 0 Å². The standard InChI is InChI=1S/C17H14FNO4/c1-22-13-4-2-3-12(9-13)19-16(20)15-8-10-7-11(18)5-6-14(10)17(21)23-15/h2-7,9,15H,8H2,1H3,(H,19,20). The molecule has 118 valence electrons. The Hall–Kier alpha value is -2.89. The summed E-state index contributed by atoms with van der Waals surface area (Å²) in [6, 6.07) is 10.6. The number of nitrogens with one attached hydrogen (secondary N) is 1. The number of hydrogen-bond donors (Lipinski definition) is 1. The maximum atomic E-state index is 13.3. The molecule has 6 heteroatoms. The van der Waals surface area contributed by atoms with Crippen molar-refractivity contribution in [2.45, 2.75) is 12.5 Å². The van der Waals surface area contributed by atoms with Gasteiger partial charge in [0.05, 0.1) is 12.7 Å². The molecule has 1 heterocycles. The van der Waals surface area contributed by atoms with Crippen LogP contribution >= 0.6 is 0 Å². The summed E-state index contributed by atoms with van der Waals surface area (Å²) in [5, 5.41) is 2.66. The molecule has 1 amide bonds. The number of esters is 1. The summed E-state index contributed by atoms with van der Waals surface area (Å²) in [5.74, 6) is -0.959. The van der Waals surface area contributed by atoms with Gasteiger partial charge in [0, 0.05) is 18.2 Å². The predicted molar refractivity (Wildman–Crippen MR) is 80.9 cm³/mol. The number of ether oxygens (including phenoxy) is 2. The van der Waals surface area contributed by atoms with Gasteiger partial charge in [-0.3, -0.25) is 4.79 Å². The van der Waals surface area contributed by atoms with Crippen LogP contribution in [0.4, 0.5) is 10.1 Å². The van der Waals surface area contributed by atoms with Gasteiger partial charge in [-0.25, -0.2) is 9.18 Å². The lowest BCUT2D eigenvalue weighted by atomic mass is 9.98. The third-order valence-corrected chi connectivity index (χ3v) is 3.57. The van der Waals surface area contributed by atoms with E-state index in [0.29, 0.717) is 17.0 Å². The van der Waals surface area contributed by atoms with Gasteiger partial charge in [-0.15, -0.1) is 0 Å². The Morgan fingerprint density at radius 1 is 1.30 bits per heavy atom. The van der Waals surface area contributed by atoms with E-state index in [2.05, 4.69) is 5.32 Å². The Kier molecular flexibility index (Phi) is 3.97. The molecule has 0 spiro atoms. The molecule has 1 atom stereocenters. The zero-order valence-corrected chi connectivity index (χ0v) is 12.3. The first-order chi connectivity index (χ1) is 11.1. The summed E-state index contributed by atoms with van der Waals surface area (Å²) in [7, 11) is 1.52. The number of fused-ring (bicyclic) bond motifs is 1. The number of anilines is 1. The van der Waals surface area contributed by atoms with Crippen molar-refractivity contribution in [2.75, 3.05) is 12.4 Å². The monoisotopic (exact) mass is 315 g/mol. The van der Waals surface area contributed by atoms with E-state index < -0.39 is 23.8 Å². The number of halogens is 1. The van der Waals surface area contributed by atoms with E-state index in [4.69, 9.17) is 9.47 Å². The second kappa shape index (κ2) is 6.08. The van der Waals surface area contributed by atoms with Crippen molar-refractivity contribution in [3.63, 3.8) is 0 Å². The van der Waals surface area contributed by atoms with Crippen molar-refractivity contribution in [1.82, 2.24) is 0 Å². The van der Waals surface area contributed by atoms with E-state index in [0.717, 1.165) is 0 Å². The number of methoxy groups -OCH3 is 1. The van der Waals surface area contributed by atoms with Crippen molar-refractivity contribution in [2.24, 2.45) is 0 Å². The Balaban J connectivity index is 1.77. The summed E-state index contributed by atoms with van der Waals surface area (Å²) in [6.07, 6.45) is -0.864. The van der Waals surface area contributed by atoms with E-state index in [9.17, 15) is 14.0 Å². The number of carbonyl (C=O) groups is 2. The average molecular weight is 315 g/mol. The molecule has 1 aliphatic rings. The van der Waals surface area contributed by atoms with E-state index in [1.165, 1.54) is 25.3 Å². The van der Waals surface area contributed by atoms with Gasteiger partial charge in [-0.1, -0.05) is 6.07 Å². The quantitative estimate of drug-likeness (QED) is 0.884. The Morgan fingerprint density at radius 2 is 2.13 bits per heavy atom. The fourth-order valence-corrected chi connectivity index (χ4v) is 2.43. The molecule has 0 bridgehead atoms. The van der Waals surface area contributed by atoms with Crippen molar-refractivity contribution in [3.05, 3.63) is 59.4 Å². The molecule has 5 nitrogen and oxygen atoms in total. The third kappa shape index (κ3) is 3.15. The van der Waals surface area contributed by atoms with Crippen LogP contribution in [0.25, 0.3) is 0 Å². The molecule has 0 saturated heterocycles. The highest BCUT2D eigenvalue weighted by molar-refractivity contribution is 6.00. The molecule has 1 N–H and O–H groups in total. The van der Waals surface area contributed by atoms with E-state index in [-0.39, 0.29) is 12.0 Å². The van der Waals surface area contributed by atoms with Gasteiger partial charge >= 0.3 is 5.97 Å². The lowest BCUT2D eigenvalue weighted by Crippen LogP contribution is -2.38. The highest BCUT2D eigenvalue weighted by Gasteiger charge is 2.31. The van der Waals surface area contributed by atoms with Gasteiger partial charge in [-0.2, -0.15) is 0 Å². The molecule has 0 aliphatic carbocycles. The molecule has 0 saturated carbocycles. The van der Waals surface area contributed by atoms with Crippen LogP contribution in [0.5, 0.6) is 5.75 Å². The minimum absolute atomic E-state index is 0.134. The first kappa shape index (κ1) is 15.0. The number of benzene rings is 2. The second-order valence-corrected chi connectivity index (χ2v) is 5.12. The zero-order valence-electron chi connectivity index (χ0n) is 12.3. The fourth-order valence-electron chi connectivity index (χ4n) is 2.43. The molecule has 0 fully saturated rings. The fraction of sp³-hybridized carbons (Fsp3) is 0.176. The Morgan fingerprint density at radius 3 is 2.91 bits per heavy atom. The zero-order chi connectivity index (χ0) is 16.4. The van der Waals surface area contributed by atoms with Gasteiger partial charge in [0.25, 0.3) is 5.91 Å². The Bertz CT molecular complexity index is 775. The molecule has 1 unspecified atom stereocenters. The van der Waals surface area contributed by atoms with Crippen LogP contribution in [0.1, 0.15) is 15.9 Å². The summed E-state index contributed by atoms with van der Waals surface area (Å²) in [4.78, 5) is 24.2. The summed E-state index contributed by atoms with van der Waals surface area (Å²) < 4.78 is 23.5. The SMILES string of the molecule is COc1cccc(NC(=O)C2Cc3cc(F)ccc3C(=O)O2)c1. The molecule has 3 rings (SSSR count). The molecule has 2 aromatic carbocycles. The normalized spacial score (nSPS) is 16.3. The molecular formula is C17H14FNO4. The van der Waals surface area contributed by atoms with Gasteiger partial charge in [0.15, 0.2) is 6.10 Å². The molecule has 0 radical (unpaired) electrons. The largest absolute Gasteiger partial charge is 0.497 e. The van der Waals surface area contributed by atoms with Gasteiger partial charge < -0.3 is 14.8 Å². The van der Waals surface area contributed by atoms with Crippen LogP contribution in [0.15, 0.2) is 42.5 Å². The van der Waals surface area contributed by atoms with Crippen LogP contribution in [-0.4, -0.2) is 25.1 Å². The highest BCUT2D eigenvalue weighted by Crippen LogP contribution is 2.23. The van der Waals surface area contributed by atoms with Crippen molar-refractivity contribution in [1.29, 1.82) is 0 Å². The minimum Gasteiger partial charge on any atom is -0.497 e. The molecule has 1 aliphatic heterocycles. The van der Waals surface area contributed by atoms with E-state index >= 15 is 0 Å². The molecule has 2 aromatic rings. The first-order valence-electron chi connectivity index (χ1n) is 7.01. The van der Waals surface area contributed by atoms with Crippen molar-refractivity contribution < 1.29 is 23.5 Å². The van der Waals surface area contributed by atoms with Crippen LogP contribution in [0.2, 0.25) is 0 Å². The maximum absolute atomic E-state index is 13.3. The summed E-state index contributed by atoms with van der Waals surface area (Å²) in [6.45, 7) is 0. The van der Waals surface area contributed by atoms with Crippen LogP contribution in [0.3, 0.4) is 0 Å². The number of carbonyl (C=O) groups excluding carboxylic acids is 2. The maximum Gasteiger partial charge on any atom is 0.339 e. The third-order valence-electron chi connectivity index (χ3n) is 3.57. The smallest absolute Gasteiger partial charge is 0.339 e. The van der Waals surface area contributed by atoms with Gasteiger partial charge in [-0.05, 0) is 35.9 Å². The lowest BCUT2D eigenvalue weighted by Gasteiger charge is -2.24. The average Bonchev–Trinajstić information content (AvgIpc) is 2.54. The van der Waals surface area contributed by atoms with Crippen LogP contribution in [0, 0.1) is 5.82 Å². The van der Waals surface area contributed by atoms with Crippen LogP contribution in [-0.2, 0) is 16.0 Å². The molecule has 0 aromatic heterocycles. The van der Waals surface area contributed by atoms with Crippen molar-refractivity contribution >= 4 is 17.6 Å². The van der Waals surface area contributed by atoms with Gasteiger partial charge in [0.2, 0.25) is 0 Å².